The van der Waals surface area contributed by atoms with E-state index in [2.05, 4.69) is 17.9 Å². The van der Waals surface area contributed by atoms with Crippen LogP contribution < -0.4 is 4.72 Å². The van der Waals surface area contributed by atoms with Crippen LogP contribution in [0.4, 0.5) is 0 Å². The minimum atomic E-state index is -3.67. The Morgan fingerprint density at radius 1 is 1.23 bits per heavy atom. The quantitative estimate of drug-likeness (QED) is 0.735. The summed E-state index contributed by atoms with van der Waals surface area (Å²) in [4.78, 5) is 0.151. The Hall–Kier alpha value is -1.91. The molecule has 1 aromatic carbocycles. The maximum Gasteiger partial charge on any atom is 0.241 e. The monoisotopic (exact) mass is 317 g/mol. The van der Waals surface area contributed by atoms with Gasteiger partial charge in [0.1, 0.15) is 0 Å². The van der Waals surface area contributed by atoms with E-state index in [4.69, 9.17) is 0 Å². The van der Waals surface area contributed by atoms with Crippen molar-refractivity contribution in [1.82, 2.24) is 4.72 Å². The molecule has 0 aliphatic carbocycles. The Balaban J connectivity index is 3.22. The molecule has 1 rings (SSSR count). The van der Waals surface area contributed by atoms with Gasteiger partial charge in [-0.1, -0.05) is 68.6 Å². The lowest BCUT2D eigenvalue weighted by Gasteiger charge is -2.30. The number of rotatable bonds is 8. The maximum atomic E-state index is 12.7. The molecule has 0 fully saturated rings. The zero-order valence-corrected chi connectivity index (χ0v) is 13.9. The van der Waals surface area contributed by atoms with Crippen LogP contribution in [0.2, 0.25) is 0 Å². The van der Waals surface area contributed by atoms with Crippen LogP contribution in [0.5, 0.6) is 0 Å². The summed E-state index contributed by atoms with van der Waals surface area (Å²) in [5.74, 6) is 0. The van der Waals surface area contributed by atoms with Gasteiger partial charge < -0.3 is 0 Å². The molecule has 0 radical (unpaired) electrons. The van der Waals surface area contributed by atoms with E-state index in [1.54, 1.807) is 6.08 Å². The molecule has 118 valence electrons. The summed E-state index contributed by atoms with van der Waals surface area (Å²) >= 11 is 0. The van der Waals surface area contributed by atoms with Crippen LogP contribution in [0.3, 0.4) is 0 Å². The van der Waals surface area contributed by atoms with Gasteiger partial charge in [-0.05, 0) is 31.1 Å². The van der Waals surface area contributed by atoms with Crippen molar-refractivity contribution in [2.45, 2.75) is 25.8 Å². The van der Waals surface area contributed by atoms with Crippen LogP contribution >= 0.6 is 0 Å². The summed E-state index contributed by atoms with van der Waals surface area (Å²) in [6.07, 6.45) is 8.15. The van der Waals surface area contributed by atoms with Crippen molar-refractivity contribution in [3.8, 4) is 0 Å². The third kappa shape index (κ3) is 4.55. The largest absolute Gasteiger partial charge is 0.241 e. The van der Waals surface area contributed by atoms with Crippen LogP contribution in [-0.4, -0.2) is 8.42 Å². The molecule has 1 unspecified atom stereocenters. The number of benzene rings is 1. The van der Waals surface area contributed by atoms with Gasteiger partial charge in [-0.15, -0.1) is 0 Å². The third-order valence-corrected chi connectivity index (χ3v) is 5.08. The Kier molecular flexibility index (Phi) is 6.53. The Morgan fingerprint density at radius 2 is 1.86 bits per heavy atom. The van der Waals surface area contributed by atoms with Gasteiger partial charge in [-0.25, -0.2) is 13.1 Å². The van der Waals surface area contributed by atoms with E-state index < -0.39 is 15.6 Å². The average molecular weight is 317 g/mol. The Morgan fingerprint density at radius 3 is 2.36 bits per heavy atom. The number of hydrogen-bond donors (Lipinski definition) is 1. The predicted molar refractivity (Wildman–Crippen MR) is 93.8 cm³/mol. The van der Waals surface area contributed by atoms with E-state index in [1.165, 1.54) is 24.3 Å². The van der Waals surface area contributed by atoms with E-state index in [1.807, 2.05) is 44.2 Å². The molecule has 0 aliphatic heterocycles. The minimum Gasteiger partial charge on any atom is -0.207 e. The molecule has 0 saturated heterocycles. The summed E-state index contributed by atoms with van der Waals surface area (Å²) in [5, 5.41) is 0. The fourth-order valence-corrected chi connectivity index (χ4v) is 3.52. The topological polar surface area (TPSA) is 46.2 Å². The van der Waals surface area contributed by atoms with Crippen LogP contribution in [0.1, 0.15) is 25.8 Å². The second-order valence-corrected chi connectivity index (χ2v) is 6.74. The van der Waals surface area contributed by atoms with Crippen LogP contribution in [0.15, 0.2) is 78.8 Å². The SMILES string of the molecule is C=C/C=C\C(=C/C=C)S(=O)(=O)NC(C)(CC)c1ccccc1. The molecule has 0 saturated carbocycles. The molecule has 22 heavy (non-hydrogen) atoms. The zero-order chi connectivity index (χ0) is 16.6. The fraction of sp³-hybridized carbons (Fsp3) is 0.222. The Labute approximate surface area is 133 Å². The summed E-state index contributed by atoms with van der Waals surface area (Å²) in [6.45, 7) is 11.0. The molecule has 0 bridgehead atoms. The molecule has 0 aromatic heterocycles. The molecule has 3 nitrogen and oxygen atoms in total. The molecule has 1 atom stereocenters. The standard InChI is InChI=1S/C18H23NO2S/c1-5-8-15-17(12-6-2)22(20,21)19-18(4,7-3)16-13-10-9-11-14-16/h5-6,8-15,19H,1-2,7H2,3-4H3/b15-8-,17-12+. The van der Waals surface area contributed by atoms with Gasteiger partial charge in [-0.3, -0.25) is 0 Å². The lowest BCUT2D eigenvalue weighted by molar-refractivity contribution is 0.419. The zero-order valence-electron chi connectivity index (χ0n) is 13.1. The van der Waals surface area contributed by atoms with Crippen LogP contribution in [0, 0.1) is 0 Å². The summed E-state index contributed by atoms with van der Waals surface area (Å²) < 4.78 is 28.1. The summed E-state index contributed by atoms with van der Waals surface area (Å²) in [6, 6.07) is 9.54. The van der Waals surface area contributed by atoms with Crippen molar-refractivity contribution in [1.29, 1.82) is 0 Å². The van der Waals surface area contributed by atoms with Gasteiger partial charge in [0, 0.05) is 0 Å². The van der Waals surface area contributed by atoms with E-state index in [9.17, 15) is 8.42 Å². The molecule has 4 heteroatoms. The first-order chi connectivity index (χ1) is 10.4. The number of nitrogens with one attached hydrogen (secondary N) is 1. The van der Waals surface area contributed by atoms with Crippen molar-refractivity contribution < 1.29 is 8.42 Å². The third-order valence-electron chi connectivity index (χ3n) is 3.47. The molecule has 0 heterocycles. The normalized spacial score (nSPS) is 15.5. The van der Waals surface area contributed by atoms with Gasteiger partial charge >= 0.3 is 0 Å². The van der Waals surface area contributed by atoms with Crippen LogP contribution in [-0.2, 0) is 15.6 Å². The van der Waals surface area contributed by atoms with E-state index in [0.29, 0.717) is 6.42 Å². The van der Waals surface area contributed by atoms with Gasteiger partial charge in [0.25, 0.3) is 0 Å². The Bertz CT molecular complexity index is 672. The lowest BCUT2D eigenvalue weighted by atomic mass is 9.91. The predicted octanol–water partition coefficient (Wildman–Crippen LogP) is 4.04. The van der Waals surface area contributed by atoms with Crippen molar-refractivity contribution in [2.75, 3.05) is 0 Å². The molecule has 0 amide bonds. The average Bonchev–Trinajstić information content (AvgIpc) is 2.51. The summed E-state index contributed by atoms with van der Waals surface area (Å²) in [7, 11) is -3.67. The van der Waals surface area contributed by atoms with Gasteiger partial charge in [0.2, 0.25) is 10.0 Å². The number of allylic oxidation sites excluding steroid dienone is 5. The highest BCUT2D eigenvalue weighted by Gasteiger charge is 2.30. The van der Waals surface area contributed by atoms with E-state index >= 15 is 0 Å². The van der Waals surface area contributed by atoms with Gasteiger partial charge in [0.05, 0.1) is 10.4 Å². The minimum absolute atomic E-state index is 0.151. The first kappa shape index (κ1) is 18.1. The second-order valence-electron chi connectivity index (χ2n) is 5.06. The van der Waals surface area contributed by atoms with Crippen molar-refractivity contribution in [3.63, 3.8) is 0 Å². The van der Waals surface area contributed by atoms with Gasteiger partial charge in [0.15, 0.2) is 0 Å². The van der Waals surface area contributed by atoms with Crippen molar-refractivity contribution in [2.24, 2.45) is 0 Å². The van der Waals surface area contributed by atoms with Crippen molar-refractivity contribution >= 4 is 10.0 Å². The first-order valence-electron chi connectivity index (χ1n) is 7.11. The van der Waals surface area contributed by atoms with E-state index in [0.717, 1.165) is 5.56 Å². The maximum absolute atomic E-state index is 12.7. The first-order valence-corrected chi connectivity index (χ1v) is 8.59. The molecule has 1 N–H and O–H groups in total. The van der Waals surface area contributed by atoms with Crippen LogP contribution in [0.25, 0.3) is 0 Å². The molecular weight excluding hydrogens is 294 g/mol. The number of hydrogen-bond acceptors (Lipinski definition) is 2. The molecule has 0 aliphatic rings. The highest BCUT2D eigenvalue weighted by atomic mass is 32.2. The highest BCUT2D eigenvalue weighted by Crippen LogP contribution is 2.26. The molecular formula is C18H23NO2S. The van der Waals surface area contributed by atoms with Gasteiger partial charge in [-0.2, -0.15) is 0 Å². The fourth-order valence-electron chi connectivity index (χ4n) is 2.01. The highest BCUT2D eigenvalue weighted by molar-refractivity contribution is 7.93. The van der Waals surface area contributed by atoms with E-state index in [-0.39, 0.29) is 4.91 Å². The smallest absolute Gasteiger partial charge is 0.207 e. The summed E-state index contributed by atoms with van der Waals surface area (Å²) in [5.41, 5.74) is 0.245. The number of sulfonamides is 1. The van der Waals surface area contributed by atoms with Crippen molar-refractivity contribution in [3.05, 3.63) is 84.3 Å². The second kappa shape index (κ2) is 7.92. The molecule has 1 aromatic rings. The lowest BCUT2D eigenvalue weighted by Crippen LogP contribution is -2.43. The molecule has 0 spiro atoms.